The number of benzene rings is 1. The highest BCUT2D eigenvalue weighted by Gasteiger charge is 2.22. The molecule has 2 unspecified atom stereocenters. The molecule has 3 N–H and O–H groups in total. The van der Waals surface area contributed by atoms with Gasteiger partial charge in [0.2, 0.25) is 0 Å². The van der Waals surface area contributed by atoms with Gasteiger partial charge >= 0.3 is 5.69 Å². The molecule has 0 aliphatic carbocycles. The van der Waals surface area contributed by atoms with E-state index in [1.807, 2.05) is 26.8 Å². The Morgan fingerprint density at radius 3 is 2.62 bits per heavy atom. The van der Waals surface area contributed by atoms with Gasteiger partial charge in [-0.25, -0.2) is 9.89 Å². The number of nitrogens with two attached hydrogens (primary N) is 1. The number of aromatic nitrogens is 3. The molecule has 6 heteroatoms. The zero-order valence-electron chi connectivity index (χ0n) is 12.8. The Hall–Kier alpha value is -1.53. The molecule has 0 spiro atoms. The van der Waals surface area contributed by atoms with E-state index >= 15 is 0 Å². The van der Waals surface area contributed by atoms with Crippen LogP contribution in [0, 0.1) is 6.92 Å². The van der Waals surface area contributed by atoms with Gasteiger partial charge < -0.3 is 5.73 Å². The van der Waals surface area contributed by atoms with Crippen molar-refractivity contribution in [3.63, 3.8) is 0 Å². The van der Waals surface area contributed by atoms with E-state index in [1.165, 1.54) is 17.3 Å². The van der Waals surface area contributed by atoms with Gasteiger partial charge in [-0.15, -0.1) is 5.10 Å². The summed E-state index contributed by atoms with van der Waals surface area (Å²) < 4.78 is 1.66. The Morgan fingerprint density at radius 1 is 1.33 bits per heavy atom. The lowest BCUT2D eigenvalue weighted by molar-refractivity contribution is 0.532. The van der Waals surface area contributed by atoms with Gasteiger partial charge in [-0.05, 0) is 33.3 Å². The van der Waals surface area contributed by atoms with Crippen molar-refractivity contribution in [2.24, 2.45) is 5.73 Å². The SMILES string of the molecule is Cc1cccc(C(Sc2n[nH]c(=O)n2C(C)C)C(C)N)c1. The molecule has 114 valence electrons. The molecule has 2 atom stereocenters. The average molecular weight is 306 g/mol. The molecule has 0 amide bonds. The first-order chi connectivity index (χ1) is 9.90. The molecule has 5 nitrogen and oxygen atoms in total. The number of rotatable bonds is 5. The molecule has 2 rings (SSSR count). The first-order valence-corrected chi connectivity index (χ1v) is 7.93. The highest BCUT2D eigenvalue weighted by atomic mass is 32.2. The van der Waals surface area contributed by atoms with Crippen molar-refractivity contribution < 1.29 is 0 Å². The summed E-state index contributed by atoms with van der Waals surface area (Å²) in [7, 11) is 0. The minimum atomic E-state index is -0.180. The molecule has 21 heavy (non-hydrogen) atoms. The van der Waals surface area contributed by atoms with Crippen LogP contribution >= 0.6 is 11.8 Å². The summed E-state index contributed by atoms with van der Waals surface area (Å²) in [5, 5.41) is 7.39. The van der Waals surface area contributed by atoms with Gasteiger partial charge in [0.1, 0.15) is 0 Å². The lowest BCUT2D eigenvalue weighted by atomic mass is 10.0. The van der Waals surface area contributed by atoms with Gasteiger partial charge in [0.05, 0.1) is 5.25 Å². The Labute approximate surface area is 128 Å². The molecule has 0 radical (unpaired) electrons. The smallest absolute Gasteiger partial charge is 0.327 e. The van der Waals surface area contributed by atoms with Gasteiger partial charge in [0, 0.05) is 12.1 Å². The van der Waals surface area contributed by atoms with Crippen LogP contribution in [0.3, 0.4) is 0 Å². The number of nitrogens with zero attached hydrogens (tertiary/aromatic N) is 2. The Balaban J connectivity index is 2.36. The van der Waals surface area contributed by atoms with Gasteiger partial charge in [-0.2, -0.15) is 0 Å². The summed E-state index contributed by atoms with van der Waals surface area (Å²) in [6.45, 7) is 7.97. The largest absolute Gasteiger partial charge is 0.344 e. The van der Waals surface area contributed by atoms with Crippen LogP contribution in [0.4, 0.5) is 0 Å². The Bertz CT molecular complexity index is 660. The highest BCUT2D eigenvalue weighted by molar-refractivity contribution is 7.99. The maximum atomic E-state index is 11.8. The quantitative estimate of drug-likeness (QED) is 0.833. The minimum Gasteiger partial charge on any atom is -0.327 e. The fourth-order valence-corrected chi connectivity index (χ4v) is 3.50. The van der Waals surface area contributed by atoms with Crippen molar-refractivity contribution >= 4 is 11.8 Å². The third-order valence-corrected chi connectivity index (χ3v) is 4.72. The van der Waals surface area contributed by atoms with Crippen LogP contribution in [0.5, 0.6) is 0 Å². The molecule has 0 aliphatic heterocycles. The summed E-state index contributed by atoms with van der Waals surface area (Å²) >= 11 is 1.53. The number of hydrogen-bond donors (Lipinski definition) is 2. The Morgan fingerprint density at radius 2 is 2.05 bits per heavy atom. The summed E-state index contributed by atoms with van der Waals surface area (Å²) in [6.07, 6.45) is 0. The molecule has 0 saturated carbocycles. The number of hydrogen-bond acceptors (Lipinski definition) is 4. The van der Waals surface area contributed by atoms with E-state index in [4.69, 9.17) is 5.73 Å². The molecular formula is C15H22N4OS. The summed E-state index contributed by atoms with van der Waals surface area (Å²) in [5.41, 5.74) is 8.32. The number of aromatic amines is 1. The fourth-order valence-electron chi connectivity index (χ4n) is 2.27. The zero-order valence-corrected chi connectivity index (χ0v) is 13.6. The van der Waals surface area contributed by atoms with E-state index in [0.29, 0.717) is 5.16 Å². The first-order valence-electron chi connectivity index (χ1n) is 7.06. The molecule has 0 bridgehead atoms. The van der Waals surface area contributed by atoms with E-state index < -0.39 is 0 Å². The summed E-state index contributed by atoms with van der Waals surface area (Å²) in [6, 6.07) is 8.30. The van der Waals surface area contributed by atoms with Gasteiger partial charge in [-0.3, -0.25) is 4.57 Å². The van der Waals surface area contributed by atoms with E-state index in [1.54, 1.807) is 4.57 Å². The number of H-pyrrole nitrogens is 1. The number of nitrogens with one attached hydrogen (secondary N) is 1. The fraction of sp³-hybridized carbons (Fsp3) is 0.467. The Kier molecular flexibility index (Phi) is 4.90. The van der Waals surface area contributed by atoms with E-state index in [2.05, 4.69) is 35.3 Å². The average Bonchev–Trinajstić information content (AvgIpc) is 2.76. The second-order valence-electron chi connectivity index (χ2n) is 5.59. The molecule has 0 aliphatic rings. The molecular weight excluding hydrogens is 284 g/mol. The van der Waals surface area contributed by atoms with Crippen molar-refractivity contribution in [3.8, 4) is 0 Å². The van der Waals surface area contributed by atoms with E-state index in [9.17, 15) is 4.79 Å². The molecule has 0 fully saturated rings. The lowest BCUT2D eigenvalue weighted by Crippen LogP contribution is -2.24. The minimum absolute atomic E-state index is 0.0517. The van der Waals surface area contributed by atoms with Crippen LogP contribution in [0.2, 0.25) is 0 Å². The van der Waals surface area contributed by atoms with E-state index in [0.717, 1.165) is 5.56 Å². The molecule has 0 saturated heterocycles. The maximum absolute atomic E-state index is 11.8. The summed E-state index contributed by atoms with van der Waals surface area (Å²) in [5.74, 6) is 0. The van der Waals surface area contributed by atoms with Crippen molar-refractivity contribution in [2.75, 3.05) is 0 Å². The normalized spacial score (nSPS) is 14.4. The van der Waals surface area contributed by atoms with Gasteiger partial charge in [0.25, 0.3) is 0 Å². The van der Waals surface area contributed by atoms with Crippen LogP contribution in [0.25, 0.3) is 0 Å². The van der Waals surface area contributed by atoms with Crippen LogP contribution in [0.1, 0.15) is 43.2 Å². The van der Waals surface area contributed by atoms with Crippen LogP contribution < -0.4 is 11.4 Å². The van der Waals surface area contributed by atoms with Gasteiger partial charge in [-0.1, -0.05) is 41.6 Å². The lowest BCUT2D eigenvalue weighted by Gasteiger charge is -2.21. The predicted molar refractivity (Wildman–Crippen MR) is 86.7 cm³/mol. The highest BCUT2D eigenvalue weighted by Crippen LogP contribution is 2.36. The molecule has 1 aromatic carbocycles. The van der Waals surface area contributed by atoms with Crippen LogP contribution in [-0.4, -0.2) is 20.8 Å². The number of aryl methyl sites for hydroxylation is 1. The first kappa shape index (κ1) is 15.9. The molecule has 1 heterocycles. The van der Waals surface area contributed by atoms with Crippen molar-refractivity contribution in [3.05, 3.63) is 45.9 Å². The van der Waals surface area contributed by atoms with Gasteiger partial charge in [0.15, 0.2) is 5.16 Å². The molecule has 2 aromatic rings. The maximum Gasteiger partial charge on any atom is 0.344 e. The standard InChI is InChI=1S/C15H22N4OS/c1-9(2)19-14(20)17-18-15(19)21-13(11(4)16)12-7-5-6-10(3)8-12/h5-9,11,13H,16H2,1-4H3,(H,17,20). The predicted octanol–water partition coefficient (Wildman–Crippen LogP) is 2.64. The van der Waals surface area contributed by atoms with Crippen molar-refractivity contribution in [2.45, 2.75) is 50.2 Å². The topological polar surface area (TPSA) is 76.7 Å². The van der Waals surface area contributed by atoms with Crippen LogP contribution in [-0.2, 0) is 0 Å². The monoisotopic (exact) mass is 306 g/mol. The second kappa shape index (κ2) is 6.49. The van der Waals surface area contributed by atoms with E-state index in [-0.39, 0.29) is 23.0 Å². The van der Waals surface area contributed by atoms with Crippen LogP contribution in [0.15, 0.2) is 34.2 Å². The number of thioether (sulfide) groups is 1. The van der Waals surface area contributed by atoms with Crippen molar-refractivity contribution in [1.29, 1.82) is 0 Å². The molecule has 1 aromatic heterocycles. The third-order valence-electron chi connectivity index (χ3n) is 3.27. The third kappa shape index (κ3) is 3.57. The zero-order chi connectivity index (χ0) is 15.6. The second-order valence-corrected chi connectivity index (χ2v) is 6.70. The van der Waals surface area contributed by atoms with Crippen molar-refractivity contribution in [1.82, 2.24) is 14.8 Å². The summed E-state index contributed by atoms with van der Waals surface area (Å²) in [4.78, 5) is 11.8.